The van der Waals surface area contributed by atoms with Crippen LogP contribution in [0.1, 0.15) is 17.0 Å². The third-order valence-corrected chi connectivity index (χ3v) is 2.57. The van der Waals surface area contributed by atoms with Crippen molar-refractivity contribution in [3.63, 3.8) is 0 Å². The number of aryl methyl sites for hydroxylation is 1. The summed E-state index contributed by atoms with van der Waals surface area (Å²) in [7, 11) is 0. The molecule has 0 spiro atoms. The van der Waals surface area contributed by atoms with Crippen molar-refractivity contribution in [1.82, 2.24) is 20.2 Å². The zero-order chi connectivity index (χ0) is 11.5. The van der Waals surface area contributed by atoms with Crippen LogP contribution >= 0.6 is 0 Å². The zero-order valence-corrected chi connectivity index (χ0v) is 9.49. The molecule has 84 valence electrons. The fourth-order valence-electron chi connectivity index (χ4n) is 1.66. The first kappa shape index (κ1) is 10.8. The van der Waals surface area contributed by atoms with Crippen molar-refractivity contribution in [3.8, 4) is 11.4 Å². The van der Waals surface area contributed by atoms with E-state index in [2.05, 4.69) is 20.2 Å². The van der Waals surface area contributed by atoms with Crippen LogP contribution in [0.15, 0.2) is 12.4 Å². The lowest BCUT2D eigenvalue weighted by Crippen LogP contribution is -2.05. The Morgan fingerprint density at radius 3 is 2.75 bits per heavy atom. The van der Waals surface area contributed by atoms with Crippen molar-refractivity contribution in [2.24, 2.45) is 5.73 Å². The summed E-state index contributed by atoms with van der Waals surface area (Å²) >= 11 is 0. The predicted octanol–water partition coefficient (Wildman–Crippen LogP) is 0.985. The van der Waals surface area contributed by atoms with Crippen LogP contribution in [0.2, 0.25) is 0 Å². The van der Waals surface area contributed by atoms with E-state index in [0.717, 1.165) is 28.9 Å². The number of pyridine rings is 1. The number of H-pyrrole nitrogens is 1. The molecule has 2 aromatic heterocycles. The Balaban J connectivity index is 2.45. The molecule has 0 aliphatic heterocycles. The lowest BCUT2D eigenvalue weighted by molar-refractivity contribution is 0.945. The number of aromatic amines is 1. The number of nitrogens with one attached hydrogen (secondary N) is 1. The highest BCUT2D eigenvalue weighted by Crippen LogP contribution is 2.21. The molecule has 2 heterocycles. The van der Waals surface area contributed by atoms with E-state index in [4.69, 9.17) is 5.73 Å². The number of aromatic nitrogens is 4. The molecule has 0 amide bonds. The third-order valence-electron chi connectivity index (χ3n) is 2.57. The van der Waals surface area contributed by atoms with Crippen molar-refractivity contribution in [3.05, 3.63) is 29.3 Å². The zero-order valence-electron chi connectivity index (χ0n) is 9.49. The fraction of sp³-hybridized carbons (Fsp3) is 0.364. The van der Waals surface area contributed by atoms with Crippen LogP contribution in [0.4, 0.5) is 0 Å². The van der Waals surface area contributed by atoms with Gasteiger partial charge in [-0.05, 0) is 37.9 Å². The highest BCUT2D eigenvalue weighted by Gasteiger charge is 2.10. The number of hydrogen-bond donors (Lipinski definition) is 2. The molecule has 2 aromatic rings. The number of rotatable bonds is 3. The predicted molar refractivity (Wildman–Crippen MR) is 61.8 cm³/mol. The van der Waals surface area contributed by atoms with Crippen molar-refractivity contribution in [1.29, 1.82) is 0 Å². The second-order valence-electron chi connectivity index (χ2n) is 3.75. The molecule has 3 N–H and O–H groups in total. The molecular formula is C11H15N5. The molecule has 0 aromatic carbocycles. The van der Waals surface area contributed by atoms with E-state index >= 15 is 0 Å². The largest absolute Gasteiger partial charge is 0.330 e. The van der Waals surface area contributed by atoms with E-state index in [0.29, 0.717) is 12.4 Å². The first-order valence-electron chi connectivity index (χ1n) is 5.25. The molecule has 2 rings (SSSR count). The van der Waals surface area contributed by atoms with Crippen LogP contribution in [0.3, 0.4) is 0 Å². The molecule has 0 bridgehead atoms. The first-order valence-corrected chi connectivity index (χ1v) is 5.25. The summed E-state index contributed by atoms with van der Waals surface area (Å²) in [5, 5.41) is 6.97. The molecule has 0 fully saturated rings. The summed E-state index contributed by atoms with van der Waals surface area (Å²) < 4.78 is 0. The Labute approximate surface area is 94.1 Å². The lowest BCUT2D eigenvalue weighted by Gasteiger charge is -2.06. The average Bonchev–Trinajstić information content (AvgIpc) is 2.68. The average molecular weight is 217 g/mol. The molecule has 0 radical (unpaired) electrons. The van der Waals surface area contributed by atoms with Gasteiger partial charge in [0.25, 0.3) is 0 Å². The van der Waals surface area contributed by atoms with E-state index in [1.54, 1.807) is 6.20 Å². The normalized spacial score (nSPS) is 10.7. The van der Waals surface area contributed by atoms with E-state index in [9.17, 15) is 0 Å². The van der Waals surface area contributed by atoms with E-state index in [1.165, 1.54) is 0 Å². The summed E-state index contributed by atoms with van der Waals surface area (Å²) in [6.07, 6.45) is 4.47. The molecular weight excluding hydrogens is 202 g/mol. The standard InChI is InChI=1S/C11H15N5/c1-7-9(3-4-12)5-13-6-10(7)11-14-8(2)15-16-11/h5-6H,3-4,12H2,1-2H3,(H,14,15,16). The number of nitrogens with zero attached hydrogens (tertiary/aromatic N) is 3. The molecule has 0 aliphatic rings. The highest BCUT2D eigenvalue weighted by atomic mass is 15.2. The van der Waals surface area contributed by atoms with Crippen molar-refractivity contribution in [2.75, 3.05) is 6.54 Å². The number of nitrogens with two attached hydrogens (primary N) is 1. The van der Waals surface area contributed by atoms with Crippen LogP contribution in [0.5, 0.6) is 0 Å². The monoisotopic (exact) mass is 217 g/mol. The van der Waals surface area contributed by atoms with Gasteiger partial charge in [-0.15, -0.1) is 0 Å². The summed E-state index contributed by atoms with van der Waals surface area (Å²) in [6, 6.07) is 0. The molecule has 0 saturated heterocycles. The van der Waals surface area contributed by atoms with Gasteiger partial charge in [-0.25, -0.2) is 4.98 Å². The van der Waals surface area contributed by atoms with Crippen LogP contribution < -0.4 is 5.73 Å². The smallest absolute Gasteiger partial charge is 0.182 e. The van der Waals surface area contributed by atoms with Crippen LogP contribution in [-0.4, -0.2) is 26.7 Å². The van der Waals surface area contributed by atoms with Gasteiger partial charge in [0.15, 0.2) is 5.82 Å². The Bertz CT molecular complexity index is 489. The molecule has 0 saturated carbocycles. The van der Waals surface area contributed by atoms with E-state index in [1.807, 2.05) is 20.0 Å². The maximum Gasteiger partial charge on any atom is 0.182 e. The Kier molecular flexibility index (Phi) is 2.96. The van der Waals surface area contributed by atoms with E-state index in [-0.39, 0.29) is 0 Å². The second kappa shape index (κ2) is 4.40. The van der Waals surface area contributed by atoms with Crippen LogP contribution in [0, 0.1) is 13.8 Å². The quantitative estimate of drug-likeness (QED) is 0.803. The molecule has 16 heavy (non-hydrogen) atoms. The van der Waals surface area contributed by atoms with Gasteiger partial charge >= 0.3 is 0 Å². The summed E-state index contributed by atoms with van der Waals surface area (Å²) in [6.45, 7) is 4.55. The lowest BCUT2D eigenvalue weighted by atomic mass is 10.0. The maximum atomic E-state index is 5.56. The third kappa shape index (κ3) is 1.94. The summed E-state index contributed by atoms with van der Waals surface area (Å²) in [4.78, 5) is 8.51. The Hall–Kier alpha value is -1.75. The molecule has 0 atom stereocenters. The second-order valence-corrected chi connectivity index (χ2v) is 3.75. The Morgan fingerprint density at radius 1 is 1.31 bits per heavy atom. The van der Waals surface area contributed by atoms with Gasteiger partial charge < -0.3 is 5.73 Å². The Morgan fingerprint density at radius 2 is 2.12 bits per heavy atom. The van der Waals surface area contributed by atoms with Gasteiger partial charge in [0.2, 0.25) is 0 Å². The fourth-order valence-corrected chi connectivity index (χ4v) is 1.66. The van der Waals surface area contributed by atoms with Crippen molar-refractivity contribution in [2.45, 2.75) is 20.3 Å². The van der Waals surface area contributed by atoms with Crippen molar-refractivity contribution >= 4 is 0 Å². The van der Waals surface area contributed by atoms with Crippen molar-refractivity contribution < 1.29 is 0 Å². The van der Waals surface area contributed by atoms with E-state index < -0.39 is 0 Å². The molecule has 0 aliphatic carbocycles. The molecule has 5 heteroatoms. The van der Waals surface area contributed by atoms with Gasteiger partial charge in [-0.1, -0.05) is 0 Å². The van der Waals surface area contributed by atoms with Gasteiger partial charge in [0, 0.05) is 18.0 Å². The SMILES string of the molecule is Cc1nc(-c2cncc(CCN)c2C)n[nH]1. The number of hydrogen-bond acceptors (Lipinski definition) is 4. The van der Waals surface area contributed by atoms with Crippen LogP contribution in [0.25, 0.3) is 11.4 Å². The van der Waals surface area contributed by atoms with Gasteiger partial charge in [-0.3, -0.25) is 10.1 Å². The molecule has 5 nitrogen and oxygen atoms in total. The molecule has 0 unspecified atom stereocenters. The minimum atomic E-state index is 0.624. The minimum Gasteiger partial charge on any atom is -0.330 e. The van der Waals surface area contributed by atoms with Gasteiger partial charge in [0.05, 0.1) is 0 Å². The maximum absolute atomic E-state index is 5.56. The van der Waals surface area contributed by atoms with Gasteiger partial charge in [0.1, 0.15) is 5.82 Å². The topological polar surface area (TPSA) is 80.5 Å². The highest BCUT2D eigenvalue weighted by molar-refractivity contribution is 5.60. The summed E-state index contributed by atoms with van der Waals surface area (Å²) in [5.41, 5.74) is 8.83. The van der Waals surface area contributed by atoms with Gasteiger partial charge in [-0.2, -0.15) is 5.10 Å². The first-order chi connectivity index (χ1) is 7.72. The summed E-state index contributed by atoms with van der Waals surface area (Å²) in [5.74, 6) is 1.50. The minimum absolute atomic E-state index is 0.624. The van der Waals surface area contributed by atoms with Crippen LogP contribution in [-0.2, 0) is 6.42 Å².